The number of likely N-dealkylation sites (tertiary alicyclic amines) is 1. The van der Waals surface area contributed by atoms with Crippen LogP contribution in [0.4, 0.5) is 0 Å². The smallest absolute Gasteiger partial charge is 0.292 e. The Bertz CT molecular complexity index is 734. The molecule has 26 heavy (non-hydrogen) atoms. The maximum atomic E-state index is 13.0. The first-order valence-corrected chi connectivity index (χ1v) is 9.47. The molecule has 0 spiro atoms. The van der Waals surface area contributed by atoms with Crippen LogP contribution in [0.2, 0.25) is 0 Å². The van der Waals surface area contributed by atoms with Crippen LogP contribution >= 0.6 is 0 Å². The average Bonchev–Trinajstić information content (AvgIpc) is 3.12. The van der Waals surface area contributed by atoms with Crippen LogP contribution in [0.25, 0.3) is 0 Å². The van der Waals surface area contributed by atoms with Crippen LogP contribution in [0, 0.1) is 0 Å². The summed E-state index contributed by atoms with van der Waals surface area (Å²) < 4.78 is 5.34. The predicted molar refractivity (Wildman–Crippen MR) is 102 cm³/mol. The number of piperidine rings is 1. The first kappa shape index (κ1) is 18.6. The standard InChI is InChI=1S/C21H29N3O2/c1-15(2)18-13-20(26-22-18)21(25)24-12-6-5-7-19(24)17-10-8-16(9-11-17)14-23(3)4/h8-11,13,15,19H,5-7,12,14H2,1-4H3/t19-/m0/s1. The molecule has 0 bridgehead atoms. The van der Waals surface area contributed by atoms with Gasteiger partial charge in [0, 0.05) is 19.2 Å². The van der Waals surface area contributed by atoms with Gasteiger partial charge in [-0.2, -0.15) is 0 Å². The van der Waals surface area contributed by atoms with Gasteiger partial charge in [0.15, 0.2) is 0 Å². The van der Waals surface area contributed by atoms with Crippen molar-refractivity contribution in [2.45, 2.75) is 51.6 Å². The van der Waals surface area contributed by atoms with Crippen molar-refractivity contribution in [1.29, 1.82) is 0 Å². The molecule has 1 aromatic carbocycles. The van der Waals surface area contributed by atoms with Gasteiger partial charge in [-0.05, 0) is 50.4 Å². The van der Waals surface area contributed by atoms with E-state index in [1.807, 2.05) is 18.7 Å². The molecular formula is C21H29N3O2. The Morgan fingerprint density at radius 1 is 1.27 bits per heavy atom. The molecule has 0 unspecified atom stereocenters. The maximum absolute atomic E-state index is 13.0. The van der Waals surface area contributed by atoms with Gasteiger partial charge in [-0.1, -0.05) is 43.3 Å². The van der Waals surface area contributed by atoms with Gasteiger partial charge in [0.05, 0.1) is 11.7 Å². The van der Waals surface area contributed by atoms with Gasteiger partial charge in [-0.25, -0.2) is 0 Å². The molecule has 0 N–H and O–H groups in total. The number of hydrogen-bond acceptors (Lipinski definition) is 4. The maximum Gasteiger partial charge on any atom is 0.292 e. The summed E-state index contributed by atoms with van der Waals surface area (Å²) in [6.45, 7) is 5.78. The summed E-state index contributed by atoms with van der Waals surface area (Å²) in [5.74, 6) is 0.554. The summed E-state index contributed by atoms with van der Waals surface area (Å²) in [5.41, 5.74) is 3.31. The molecule has 1 aromatic heterocycles. The van der Waals surface area contributed by atoms with Crippen LogP contribution in [0.15, 0.2) is 34.9 Å². The lowest BCUT2D eigenvalue weighted by molar-refractivity contribution is 0.0569. The van der Waals surface area contributed by atoms with Crippen molar-refractivity contribution >= 4 is 5.91 Å². The second-order valence-corrected chi connectivity index (χ2v) is 7.76. The zero-order valence-electron chi connectivity index (χ0n) is 16.2. The molecule has 140 valence electrons. The fourth-order valence-electron chi connectivity index (χ4n) is 3.53. The Morgan fingerprint density at radius 3 is 2.62 bits per heavy atom. The summed E-state index contributed by atoms with van der Waals surface area (Å²) in [4.78, 5) is 17.1. The van der Waals surface area contributed by atoms with Crippen LogP contribution < -0.4 is 0 Å². The van der Waals surface area contributed by atoms with E-state index in [-0.39, 0.29) is 17.9 Å². The lowest BCUT2D eigenvalue weighted by atomic mass is 9.94. The Labute approximate surface area is 156 Å². The van der Waals surface area contributed by atoms with Gasteiger partial charge in [0.1, 0.15) is 0 Å². The fraction of sp³-hybridized carbons (Fsp3) is 0.524. The molecule has 2 aromatic rings. The first-order valence-electron chi connectivity index (χ1n) is 9.47. The van der Waals surface area contributed by atoms with Crippen molar-refractivity contribution in [3.63, 3.8) is 0 Å². The fourth-order valence-corrected chi connectivity index (χ4v) is 3.53. The zero-order valence-corrected chi connectivity index (χ0v) is 16.2. The van der Waals surface area contributed by atoms with Gasteiger partial charge in [-0.15, -0.1) is 0 Å². The third kappa shape index (κ3) is 4.15. The van der Waals surface area contributed by atoms with Crippen LogP contribution in [-0.2, 0) is 6.54 Å². The molecule has 0 aliphatic carbocycles. The van der Waals surface area contributed by atoms with E-state index < -0.39 is 0 Å². The van der Waals surface area contributed by atoms with E-state index in [1.54, 1.807) is 6.07 Å². The SMILES string of the molecule is CC(C)c1cc(C(=O)N2CCCC[C@H]2c2ccc(CN(C)C)cc2)on1. The number of nitrogens with zero attached hydrogens (tertiary/aromatic N) is 3. The second-order valence-electron chi connectivity index (χ2n) is 7.76. The normalized spacial score (nSPS) is 17.9. The van der Waals surface area contributed by atoms with E-state index in [0.29, 0.717) is 5.76 Å². The van der Waals surface area contributed by atoms with Crippen LogP contribution in [0.5, 0.6) is 0 Å². The molecule has 5 heteroatoms. The molecule has 1 saturated heterocycles. The van der Waals surface area contributed by atoms with Crippen molar-refractivity contribution in [3.05, 3.63) is 52.9 Å². The highest BCUT2D eigenvalue weighted by atomic mass is 16.5. The van der Waals surface area contributed by atoms with Crippen molar-refractivity contribution < 1.29 is 9.32 Å². The Morgan fingerprint density at radius 2 is 2.00 bits per heavy atom. The Balaban J connectivity index is 1.79. The van der Waals surface area contributed by atoms with E-state index in [2.05, 4.69) is 48.4 Å². The largest absolute Gasteiger partial charge is 0.351 e. The topological polar surface area (TPSA) is 49.6 Å². The van der Waals surface area contributed by atoms with E-state index >= 15 is 0 Å². The van der Waals surface area contributed by atoms with Crippen LogP contribution in [0.1, 0.15) is 72.4 Å². The monoisotopic (exact) mass is 355 g/mol. The minimum atomic E-state index is -0.0496. The molecular weight excluding hydrogens is 326 g/mol. The number of carbonyl (C=O) groups is 1. The number of hydrogen-bond donors (Lipinski definition) is 0. The lowest BCUT2D eigenvalue weighted by Crippen LogP contribution is -2.38. The first-order chi connectivity index (χ1) is 12.5. The van der Waals surface area contributed by atoms with E-state index in [1.165, 1.54) is 11.1 Å². The zero-order chi connectivity index (χ0) is 18.7. The lowest BCUT2D eigenvalue weighted by Gasteiger charge is -2.35. The Kier molecular flexibility index (Phi) is 5.77. The third-order valence-corrected chi connectivity index (χ3v) is 4.96. The van der Waals surface area contributed by atoms with Gasteiger partial charge in [0.2, 0.25) is 5.76 Å². The number of amides is 1. The van der Waals surface area contributed by atoms with E-state index in [0.717, 1.165) is 38.0 Å². The minimum absolute atomic E-state index is 0.0496. The number of rotatable bonds is 5. The van der Waals surface area contributed by atoms with Crippen molar-refractivity contribution in [2.24, 2.45) is 0 Å². The summed E-state index contributed by atoms with van der Waals surface area (Å²) in [5, 5.41) is 4.04. The quantitative estimate of drug-likeness (QED) is 0.805. The summed E-state index contributed by atoms with van der Waals surface area (Å²) >= 11 is 0. The molecule has 0 saturated carbocycles. The number of aromatic nitrogens is 1. The van der Waals surface area contributed by atoms with Crippen molar-refractivity contribution in [2.75, 3.05) is 20.6 Å². The molecule has 1 aliphatic heterocycles. The van der Waals surface area contributed by atoms with Gasteiger partial charge in [0.25, 0.3) is 5.91 Å². The highest BCUT2D eigenvalue weighted by Gasteiger charge is 2.31. The minimum Gasteiger partial charge on any atom is -0.351 e. The summed E-state index contributed by atoms with van der Waals surface area (Å²) in [6, 6.07) is 10.6. The van der Waals surface area contributed by atoms with E-state index in [9.17, 15) is 4.79 Å². The highest BCUT2D eigenvalue weighted by molar-refractivity contribution is 5.91. The number of carbonyl (C=O) groups excluding carboxylic acids is 1. The highest BCUT2D eigenvalue weighted by Crippen LogP contribution is 2.32. The Hall–Kier alpha value is -2.14. The van der Waals surface area contributed by atoms with Crippen molar-refractivity contribution in [1.82, 2.24) is 15.0 Å². The second kappa shape index (κ2) is 8.04. The van der Waals surface area contributed by atoms with Crippen LogP contribution in [-0.4, -0.2) is 41.5 Å². The van der Waals surface area contributed by atoms with Gasteiger partial charge in [-0.3, -0.25) is 4.79 Å². The predicted octanol–water partition coefficient (Wildman–Crippen LogP) is 4.23. The average molecular weight is 355 g/mol. The number of benzene rings is 1. The summed E-state index contributed by atoms with van der Waals surface area (Å²) in [6.07, 6.45) is 3.16. The summed E-state index contributed by atoms with van der Waals surface area (Å²) in [7, 11) is 4.14. The molecule has 0 radical (unpaired) electrons. The van der Waals surface area contributed by atoms with Gasteiger partial charge < -0.3 is 14.3 Å². The van der Waals surface area contributed by atoms with Crippen LogP contribution in [0.3, 0.4) is 0 Å². The molecule has 1 amide bonds. The third-order valence-electron chi connectivity index (χ3n) is 4.96. The molecule has 5 nitrogen and oxygen atoms in total. The van der Waals surface area contributed by atoms with Gasteiger partial charge >= 0.3 is 0 Å². The van der Waals surface area contributed by atoms with Crippen molar-refractivity contribution in [3.8, 4) is 0 Å². The molecule has 1 fully saturated rings. The molecule has 2 heterocycles. The molecule has 1 aliphatic rings. The molecule has 3 rings (SSSR count). The van der Waals surface area contributed by atoms with E-state index in [4.69, 9.17) is 4.52 Å². The molecule has 1 atom stereocenters.